The third-order valence-electron chi connectivity index (χ3n) is 2.07. The molecule has 1 aliphatic carbocycles. The molecule has 1 rings (SSSR count). The Morgan fingerprint density at radius 2 is 1.22 bits per heavy atom. The van der Waals surface area contributed by atoms with Crippen molar-refractivity contribution in [2.45, 2.75) is 51.0 Å². The third-order valence-corrected chi connectivity index (χ3v) is 2.07. The van der Waals surface area contributed by atoms with E-state index in [-0.39, 0.29) is 6.04 Å². The van der Waals surface area contributed by atoms with Gasteiger partial charge in [-0.3, -0.25) is 0 Å². The van der Waals surface area contributed by atoms with E-state index in [2.05, 4.69) is 0 Å². The van der Waals surface area contributed by atoms with E-state index < -0.39 is 0 Å². The van der Waals surface area contributed by atoms with Crippen molar-refractivity contribution in [2.75, 3.05) is 0 Å². The van der Waals surface area contributed by atoms with Gasteiger partial charge in [0.1, 0.15) is 0 Å². The molecule has 1 saturated carbocycles. The topological polar surface area (TPSA) is 22.3 Å². The Labute approximate surface area is 57.6 Å². The fraction of sp³-hybridized carbons (Fsp3) is 1.00. The van der Waals surface area contributed by atoms with Gasteiger partial charge in [0.2, 0.25) is 0 Å². The first kappa shape index (κ1) is 7.07. The van der Waals surface area contributed by atoms with Crippen LogP contribution in [0.4, 0.5) is 0 Å². The maximum Gasteiger partial charge on any atom is 0.0433 e. The Kier molecular flexibility index (Phi) is 3.05. The molecule has 1 heteroatoms. The third kappa shape index (κ3) is 2.85. The molecule has 0 atom stereocenters. The average molecular weight is 125 g/mol. The van der Waals surface area contributed by atoms with E-state index in [1.807, 2.05) is 0 Å². The van der Waals surface area contributed by atoms with Gasteiger partial charge in [-0.2, -0.15) is 0 Å². The molecule has 1 nitrogen and oxygen atoms in total. The highest BCUT2D eigenvalue weighted by molar-refractivity contribution is 4.63. The summed E-state index contributed by atoms with van der Waals surface area (Å²) in [6, 6.07) is 0.0188. The summed E-state index contributed by atoms with van der Waals surface area (Å²) in [5.74, 6) is 0. The first-order valence-electron chi connectivity index (χ1n) is 4.07. The van der Waals surface area contributed by atoms with Crippen molar-refractivity contribution >= 4 is 0 Å². The molecule has 0 bridgehead atoms. The largest absolute Gasteiger partial charge is 0.141 e. The van der Waals surface area contributed by atoms with Crippen molar-refractivity contribution < 1.29 is 0 Å². The maximum absolute atomic E-state index is 9.21. The van der Waals surface area contributed by atoms with Crippen LogP contribution in [0, 0.1) is 0 Å². The molecule has 1 fully saturated rings. The summed E-state index contributed by atoms with van der Waals surface area (Å²) in [6.45, 7) is 0. The van der Waals surface area contributed by atoms with Gasteiger partial charge in [0.25, 0.3) is 0 Å². The lowest BCUT2D eigenvalue weighted by molar-refractivity contribution is 0.446. The summed E-state index contributed by atoms with van der Waals surface area (Å²) in [5.41, 5.74) is 9.21. The quantitative estimate of drug-likeness (QED) is 0.473. The first-order valence-corrected chi connectivity index (χ1v) is 4.07. The Hall–Kier alpha value is -0.0400. The molecular weight excluding hydrogens is 110 g/mol. The smallest absolute Gasteiger partial charge is 0.0433 e. The van der Waals surface area contributed by atoms with E-state index in [0.717, 1.165) is 12.8 Å². The van der Waals surface area contributed by atoms with Crippen molar-refractivity contribution in [3.8, 4) is 0 Å². The molecule has 0 heterocycles. The summed E-state index contributed by atoms with van der Waals surface area (Å²) in [4.78, 5) is 0. The van der Waals surface area contributed by atoms with E-state index in [4.69, 9.17) is 0 Å². The van der Waals surface area contributed by atoms with E-state index in [9.17, 15) is 5.73 Å². The van der Waals surface area contributed by atoms with Crippen LogP contribution in [0.2, 0.25) is 0 Å². The minimum atomic E-state index is 0.0188. The molecule has 2 radical (unpaired) electrons. The van der Waals surface area contributed by atoms with Gasteiger partial charge in [-0.25, -0.2) is 0 Å². The van der Waals surface area contributed by atoms with Crippen LogP contribution in [0.3, 0.4) is 0 Å². The van der Waals surface area contributed by atoms with Crippen molar-refractivity contribution in [1.82, 2.24) is 5.73 Å². The van der Waals surface area contributed by atoms with E-state index in [0.29, 0.717) is 0 Å². The summed E-state index contributed by atoms with van der Waals surface area (Å²) < 4.78 is 0. The van der Waals surface area contributed by atoms with Crippen LogP contribution in [0.25, 0.3) is 0 Å². The second kappa shape index (κ2) is 3.89. The number of hydrogen-bond donors (Lipinski definition) is 0. The van der Waals surface area contributed by atoms with Crippen molar-refractivity contribution in [1.29, 1.82) is 0 Å². The van der Waals surface area contributed by atoms with Crippen LogP contribution in [0.15, 0.2) is 0 Å². The van der Waals surface area contributed by atoms with Crippen LogP contribution in [-0.4, -0.2) is 6.04 Å². The Bertz CT molecular complexity index is 63.0. The highest BCUT2D eigenvalue weighted by atomic mass is 14.6. The molecule has 0 aromatic rings. The van der Waals surface area contributed by atoms with Gasteiger partial charge in [0.15, 0.2) is 0 Å². The van der Waals surface area contributed by atoms with Gasteiger partial charge in [-0.15, -0.1) is 5.73 Å². The zero-order chi connectivity index (χ0) is 6.53. The Morgan fingerprint density at radius 1 is 0.778 bits per heavy atom. The van der Waals surface area contributed by atoms with Gasteiger partial charge in [0.05, 0.1) is 0 Å². The SMILES string of the molecule is [N]C1CCCCCCC1. The molecule has 0 aliphatic heterocycles. The molecule has 52 valence electrons. The molecule has 0 aromatic heterocycles. The molecular formula is C8H15N. The fourth-order valence-corrected chi connectivity index (χ4v) is 1.43. The van der Waals surface area contributed by atoms with Crippen LogP contribution in [0.5, 0.6) is 0 Å². The minimum Gasteiger partial charge on any atom is -0.141 e. The number of nitrogens with zero attached hydrogens (tertiary/aromatic N) is 1. The van der Waals surface area contributed by atoms with Crippen LogP contribution in [0.1, 0.15) is 44.9 Å². The summed E-state index contributed by atoms with van der Waals surface area (Å²) in [5, 5.41) is 0. The number of rotatable bonds is 0. The molecule has 1 aliphatic rings. The maximum atomic E-state index is 9.21. The van der Waals surface area contributed by atoms with Crippen molar-refractivity contribution in [3.05, 3.63) is 0 Å². The lowest BCUT2D eigenvalue weighted by Gasteiger charge is -2.11. The summed E-state index contributed by atoms with van der Waals surface area (Å²) in [7, 11) is 0. The van der Waals surface area contributed by atoms with E-state index in [1.165, 1.54) is 32.1 Å². The lowest BCUT2D eigenvalue weighted by atomic mass is 9.98. The van der Waals surface area contributed by atoms with Gasteiger partial charge in [-0.05, 0) is 12.8 Å². The molecule has 0 saturated heterocycles. The molecule has 0 unspecified atom stereocenters. The summed E-state index contributed by atoms with van der Waals surface area (Å²) in [6.07, 6.45) is 8.60. The zero-order valence-corrected chi connectivity index (χ0v) is 5.97. The monoisotopic (exact) mass is 125 g/mol. The Balaban J connectivity index is 2.12. The standard InChI is InChI=1S/C8H15N/c9-8-6-4-2-1-3-5-7-8/h8H,1-7H2. The predicted molar refractivity (Wildman–Crippen MR) is 38.2 cm³/mol. The second-order valence-corrected chi connectivity index (χ2v) is 3.00. The Morgan fingerprint density at radius 3 is 1.78 bits per heavy atom. The second-order valence-electron chi connectivity index (χ2n) is 3.00. The highest BCUT2D eigenvalue weighted by Crippen LogP contribution is 2.15. The molecule has 0 amide bonds. The lowest BCUT2D eigenvalue weighted by Crippen LogP contribution is -2.09. The average Bonchev–Trinajstić information content (AvgIpc) is 1.79. The van der Waals surface area contributed by atoms with E-state index >= 15 is 0 Å². The number of hydrogen-bond acceptors (Lipinski definition) is 0. The molecule has 9 heavy (non-hydrogen) atoms. The van der Waals surface area contributed by atoms with Gasteiger partial charge in [-0.1, -0.05) is 32.1 Å². The van der Waals surface area contributed by atoms with Crippen molar-refractivity contribution in [3.63, 3.8) is 0 Å². The van der Waals surface area contributed by atoms with Gasteiger partial charge >= 0.3 is 0 Å². The predicted octanol–water partition coefficient (Wildman–Crippen LogP) is 2.17. The summed E-state index contributed by atoms with van der Waals surface area (Å²) >= 11 is 0. The minimum absolute atomic E-state index is 0.0188. The normalized spacial score (nSPS) is 25.0. The molecule has 0 N–H and O–H groups in total. The first-order chi connectivity index (χ1) is 4.39. The van der Waals surface area contributed by atoms with Crippen molar-refractivity contribution in [2.24, 2.45) is 0 Å². The van der Waals surface area contributed by atoms with E-state index in [1.54, 1.807) is 0 Å². The van der Waals surface area contributed by atoms with Crippen LogP contribution in [-0.2, 0) is 0 Å². The molecule has 0 aromatic carbocycles. The fourth-order valence-electron chi connectivity index (χ4n) is 1.43. The van der Waals surface area contributed by atoms with Crippen LogP contribution < -0.4 is 5.73 Å². The molecule has 0 spiro atoms. The van der Waals surface area contributed by atoms with Gasteiger partial charge < -0.3 is 0 Å². The van der Waals surface area contributed by atoms with Crippen LogP contribution >= 0.6 is 0 Å². The van der Waals surface area contributed by atoms with Gasteiger partial charge in [0, 0.05) is 6.04 Å². The highest BCUT2D eigenvalue weighted by Gasteiger charge is 2.06. The zero-order valence-electron chi connectivity index (χ0n) is 5.97.